The van der Waals surface area contributed by atoms with Crippen molar-refractivity contribution in [2.75, 3.05) is 12.4 Å². The average molecular weight is 377 g/mol. The second kappa shape index (κ2) is 7.43. The molecule has 0 spiro atoms. The lowest BCUT2D eigenvalue weighted by atomic mass is 10.1. The number of aromatic nitrogens is 2. The van der Waals surface area contributed by atoms with Crippen LogP contribution in [-0.2, 0) is 0 Å². The summed E-state index contributed by atoms with van der Waals surface area (Å²) in [5.41, 5.74) is 2.74. The number of nitrogens with zero attached hydrogens (tertiary/aromatic N) is 2. The van der Waals surface area contributed by atoms with Crippen molar-refractivity contribution in [2.24, 2.45) is 0 Å². The Morgan fingerprint density at radius 3 is 2.67 bits per heavy atom. The predicted octanol–water partition coefficient (Wildman–Crippen LogP) is 4.98. The fourth-order valence-corrected chi connectivity index (χ4v) is 3.45. The number of carbonyl (C=O) groups is 1. The van der Waals surface area contributed by atoms with Gasteiger partial charge in [-0.3, -0.25) is 10.3 Å². The van der Waals surface area contributed by atoms with E-state index in [1.807, 2.05) is 30.3 Å². The molecule has 0 saturated heterocycles. The van der Waals surface area contributed by atoms with Crippen LogP contribution in [0.5, 0.6) is 11.5 Å². The first kappa shape index (κ1) is 17.0. The van der Waals surface area contributed by atoms with E-state index >= 15 is 0 Å². The highest BCUT2D eigenvalue weighted by molar-refractivity contribution is 7.22. The topological polar surface area (TPSA) is 73.3 Å². The molecule has 0 saturated carbocycles. The molecule has 4 aromatic rings. The number of benzene rings is 2. The number of amides is 1. The van der Waals surface area contributed by atoms with E-state index in [1.54, 1.807) is 43.8 Å². The van der Waals surface area contributed by atoms with Crippen LogP contribution < -0.4 is 14.8 Å². The van der Waals surface area contributed by atoms with Crippen molar-refractivity contribution in [1.82, 2.24) is 9.97 Å². The number of anilines is 1. The molecule has 0 fully saturated rings. The third-order valence-electron chi connectivity index (χ3n) is 3.83. The van der Waals surface area contributed by atoms with Gasteiger partial charge in [0, 0.05) is 11.8 Å². The smallest absolute Gasteiger partial charge is 0.418 e. The second-order valence-corrected chi connectivity index (χ2v) is 6.67. The molecular formula is C20H15N3O3S. The molecule has 7 heteroatoms. The van der Waals surface area contributed by atoms with Gasteiger partial charge in [0.25, 0.3) is 0 Å². The number of pyridine rings is 1. The van der Waals surface area contributed by atoms with Gasteiger partial charge in [-0.25, -0.2) is 9.78 Å². The Kier molecular flexibility index (Phi) is 4.67. The molecule has 1 amide bonds. The minimum absolute atomic E-state index is 0.476. The molecule has 6 nitrogen and oxygen atoms in total. The van der Waals surface area contributed by atoms with Gasteiger partial charge in [0.2, 0.25) is 0 Å². The molecule has 2 aromatic heterocycles. The number of thiazole rings is 1. The van der Waals surface area contributed by atoms with Crippen LogP contribution in [0, 0.1) is 0 Å². The molecular weight excluding hydrogens is 362 g/mol. The minimum atomic E-state index is -0.572. The van der Waals surface area contributed by atoms with Crippen LogP contribution in [0.2, 0.25) is 0 Å². The lowest BCUT2D eigenvalue weighted by Crippen LogP contribution is -2.16. The summed E-state index contributed by atoms with van der Waals surface area (Å²) in [7, 11) is 1.61. The fraction of sp³-hybridized carbons (Fsp3) is 0.0500. The van der Waals surface area contributed by atoms with Gasteiger partial charge >= 0.3 is 6.09 Å². The number of carbonyl (C=O) groups excluding carboxylic acids is 1. The first-order chi connectivity index (χ1) is 13.2. The van der Waals surface area contributed by atoms with Gasteiger partial charge in [0.15, 0.2) is 5.13 Å². The van der Waals surface area contributed by atoms with Crippen LogP contribution in [-0.4, -0.2) is 23.2 Å². The summed E-state index contributed by atoms with van der Waals surface area (Å²) in [5, 5.41) is 3.15. The van der Waals surface area contributed by atoms with E-state index < -0.39 is 6.09 Å². The Bertz CT molecular complexity index is 1100. The lowest BCUT2D eigenvalue weighted by Gasteiger charge is -2.03. The van der Waals surface area contributed by atoms with Crippen LogP contribution in [0.4, 0.5) is 9.93 Å². The van der Waals surface area contributed by atoms with Crippen LogP contribution in [0.25, 0.3) is 21.3 Å². The number of ether oxygens (including phenoxy) is 2. The zero-order chi connectivity index (χ0) is 18.6. The Balaban J connectivity index is 1.54. The number of para-hydroxylation sites is 1. The van der Waals surface area contributed by atoms with Crippen molar-refractivity contribution in [2.45, 2.75) is 0 Å². The Labute approximate surface area is 159 Å². The molecule has 0 aliphatic rings. The zero-order valence-corrected chi connectivity index (χ0v) is 15.2. The number of methoxy groups -OCH3 is 1. The van der Waals surface area contributed by atoms with E-state index in [9.17, 15) is 4.79 Å². The molecule has 0 unspecified atom stereocenters. The van der Waals surface area contributed by atoms with E-state index in [4.69, 9.17) is 9.47 Å². The van der Waals surface area contributed by atoms with Gasteiger partial charge in [0.1, 0.15) is 11.5 Å². The highest BCUT2D eigenvalue weighted by Gasteiger charge is 2.11. The van der Waals surface area contributed by atoms with Crippen molar-refractivity contribution < 1.29 is 14.3 Å². The van der Waals surface area contributed by atoms with Gasteiger partial charge in [-0.1, -0.05) is 35.6 Å². The third kappa shape index (κ3) is 3.88. The molecule has 0 radical (unpaired) electrons. The van der Waals surface area contributed by atoms with Gasteiger partial charge in [-0.05, 0) is 35.9 Å². The summed E-state index contributed by atoms with van der Waals surface area (Å²) < 4.78 is 11.4. The minimum Gasteiger partial charge on any atom is -0.495 e. The maximum Gasteiger partial charge on any atom is 0.418 e. The molecule has 134 valence electrons. The first-order valence-corrected chi connectivity index (χ1v) is 8.97. The second-order valence-electron chi connectivity index (χ2n) is 5.64. The predicted molar refractivity (Wildman–Crippen MR) is 105 cm³/mol. The molecule has 2 aromatic carbocycles. The molecule has 0 atom stereocenters. The first-order valence-electron chi connectivity index (χ1n) is 8.15. The Morgan fingerprint density at radius 1 is 1.00 bits per heavy atom. The quantitative estimate of drug-likeness (QED) is 0.543. The summed E-state index contributed by atoms with van der Waals surface area (Å²) in [6, 6.07) is 16.7. The van der Waals surface area contributed by atoms with Crippen molar-refractivity contribution in [3.8, 4) is 22.6 Å². The normalized spacial score (nSPS) is 10.6. The SMILES string of the molecule is COc1cncc(-c2ccc3nc(NC(=O)Oc4ccccc4)sc3c2)c1. The molecule has 27 heavy (non-hydrogen) atoms. The van der Waals surface area contributed by atoms with Gasteiger partial charge < -0.3 is 9.47 Å². The van der Waals surface area contributed by atoms with Crippen LogP contribution in [0.15, 0.2) is 67.0 Å². The molecule has 4 rings (SSSR count). The van der Waals surface area contributed by atoms with Crippen LogP contribution in [0.3, 0.4) is 0 Å². The van der Waals surface area contributed by atoms with E-state index in [1.165, 1.54) is 11.3 Å². The molecule has 1 N–H and O–H groups in total. The highest BCUT2D eigenvalue weighted by atomic mass is 32.1. The lowest BCUT2D eigenvalue weighted by molar-refractivity contribution is 0.215. The largest absolute Gasteiger partial charge is 0.495 e. The average Bonchev–Trinajstić information content (AvgIpc) is 3.10. The summed E-state index contributed by atoms with van der Waals surface area (Å²) in [6.07, 6.45) is 2.87. The molecule has 0 bridgehead atoms. The summed E-state index contributed by atoms with van der Waals surface area (Å²) in [6.45, 7) is 0. The standard InChI is InChI=1S/C20H15N3O3S/c1-25-16-9-14(11-21-12-16)13-7-8-17-18(10-13)27-19(22-17)23-20(24)26-15-5-3-2-4-6-15/h2-12H,1H3,(H,22,23,24). The number of hydrogen-bond acceptors (Lipinski definition) is 6. The van der Waals surface area contributed by atoms with E-state index in [2.05, 4.69) is 15.3 Å². The van der Waals surface area contributed by atoms with Crippen molar-refractivity contribution in [1.29, 1.82) is 0 Å². The van der Waals surface area contributed by atoms with Gasteiger partial charge in [-0.15, -0.1) is 0 Å². The van der Waals surface area contributed by atoms with Gasteiger partial charge in [0.05, 0.1) is 23.5 Å². The Hall–Kier alpha value is -3.45. The monoisotopic (exact) mass is 377 g/mol. The van der Waals surface area contributed by atoms with E-state index in [0.717, 1.165) is 21.3 Å². The number of rotatable bonds is 4. The van der Waals surface area contributed by atoms with Crippen molar-refractivity contribution >= 4 is 32.8 Å². The number of fused-ring (bicyclic) bond motifs is 1. The Morgan fingerprint density at radius 2 is 1.85 bits per heavy atom. The maximum absolute atomic E-state index is 12.0. The summed E-state index contributed by atoms with van der Waals surface area (Å²) in [4.78, 5) is 20.6. The highest BCUT2D eigenvalue weighted by Crippen LogP contribution is 2.31. The van der Waals surface area contributed by atoms with E-state index in [-0.39, 0.29) is 0 Å². The molecule has 0 aliphatic carbocycles. The number of hydrogen-bond donors (Lipinski definition) is 1. The van der Waals surface area contributed by atoms with Crippen molar-refractivity contribution in [3.63, 3.8) is 0 Å². The number of nitrogens with one attached hydrogen (secondary N) is 1. The summed E-state index contributed by atoms with van der Waals surface area (Å²) in [5.74, 6) is 1.17. The zero-order valence-electron chi connectivity index (χ0n) is 14.4. The van der Waals surface area contributed by atoms with Gasteiger partial charge in [-0.2, -0.15) is 0 Å². The molecule has 0 aliphatic heterocycles. The fourth-order valence-electron chi connectivity index (χ4n) is 2.55. The summed E-state index contributed by atoms with van der Waals surface area (Å²) >= 11 is 1.38. The third-order valence-corrected chi connectivity index (χ3v) is 4.77. The van der Waals surface area contributed by atoms with Crippen LogP contribution >= 0.6 is 11.3 Å². The molecule has 2 heterocycles. The van der Waals surface area contributed by atoms with Crippen LogP contribution in [0.1, 0.15) is 0 Å². The van der Waals surface area contributed by atoms with E-state index in [0.29, 0.717) is 16.6 Å². The van der Waals surface area contributed by atoms with Crippen molar-refractivity contribution in [3.05, 3.63) is 67.0 Å². The maximum atomic E-state index is 12.0.